The summed E-state index contributed by atoms with van der Waals surface area (Å²) in [6, 6.07) is 8.62. The minimum atomic E-state index is -0.136. The van der Waals surface area contributed by atoms with E-state index in [1.54, 1.807) is 7.11 Å². The van der Waals surface area contributed by atoms with Crippen LogP contribution in [0.4, 0.5) is 0 Å². The van der Waals surface area contributed by atoms with E-state index in [0.717, 1.165) is 25.0 Å². The molecule has 0 radical (unpaired) electrons. The molecule has 2 nitrogen and oxygen atoms in total. The SMILES string of the molecule is CCCC(C)(C)[C@@H]1[C@@H](C)[C@@H]2CCC(=O)[C@@]2(C)C[C@@H]1c1ccc(OC)cc1. The molecule has 0 aromatic heterocycles. The number of Topliss-reactive ketones (excluding diaryl/α,β-unsaturated/α-hetero) is 1. The van der Waals surface area contributed by atoms with Crippen molar-refractivity contribution in [2.45, 2.75) is 72.6 Å². The standard InChI is InChI=1S/C24H36O2/c1-7-14-23(3,4)22-16(2)20-12-13-21(25)24(20,5)15-19(22)17-8-10-18(26-6)11-9-17/h8-11,16,19-20,22H,7,12-15H2,1-6H3/t16-,19+,20-,22+,24-/m0/s1. The van der Waals surface area contributed by atoms with Gasteiger partial charge in [-0.05, 0) is 66.0 Å². The number of hydrogen-bond donors (Lipinski definition) is 0. The molecular formula is C24H36O2. The van der Waals surface area contributed by atoms with Crippen molar-refractivity contribution >= 4 is 5.78 Å². The van der Waals surface area contributed by atoms with Gasteiger partial charge in [0, 0.05) is 11.8 Å². The lowest BCUT2D eigenvalue weighted by atomic mass is 9.50. The molecular weight excluding hydrogens is 320 g/mol. The Balaban J connectivity index is 2.04. The van der Waals surface area contributed by atoms with Crippen LogP contribution in [0.3, 0.4) is 0 Å². The van der Waals surface area contributed by atoms with E-state index in [1.165, 1.54) is 18.4 Å². The maximum Gasteiger partial charge on any atom is 0.139 e. The first-order valence-corrected chi connectivity index (χ1v) is 10.4. The Labute approximate surface area is 159 Å². The van der Waals surface area contributed by atoms with Gasteiger partial charge in [-0.25, -0.2) is 0 Å². The summed E-state index contributed by atoms with van der Waals surface area (Å²) < 4.78 is 5.36. The molecule has 144 valence electrons. The Morgan fingerprint density at radius 3 is 2.46 bits per heavy atom. The van der Waals surface area contributed by atoms with Crippen molar-refractivity contribution in [2.75, 3.05) is 7.11 Å². The van der Waals surface area contributed by atoms with Crippen LogP contribution in [-0.2, 0) is 4.79 Å². The van der Waals surface area contributed by atoms with E-state index in [4.69, 9.17) is 4.74 Å². The number of benzene rings is 1. The third-order valence-corrected chi connectivity index (χ3v) is 7.76. The lowest BCUT2D eigenvalue weighted by Gasteiger charge is -2.54. The summed E-state index contributed by atoms with van der Waals surface area (Å²) in [6.45, 7) is 11.9. The van der Waals surface area contributed by atoms with E-state index in [9.17, 15) is 4.79 Å². The van der Waals surface area contributed by atoms with Gasteiger partial charge in [-0.2, -0.15) is 0 Å². The van der Waals surface area contributed by atoms with E-state index in [1.807, 2.05) is 0 Å². The molecule has 2 fully saturated rings. The van der Waals surface area contributed by atoms with Crippen molar-refractivity contribution in [2.24, 2.45) is 28.6 Å². The van der Waals surface area contributed by atoms with Gasteiger partial charge >= 0.3 is 0 Å². The quantitative estimate of drug-likeness (QED) is 0.623. The Morgan fingerprint density at radius 1 is 1.23 bits per heavy atom. The third kappa shape index (κ3) is 3.10. The van der Waals surface area contributed by atoms with Crippen molar-refractivity contribution in [3.63, 3.8) is 0 Å². The highest BCUT2D eigenvalue weighted by atomic mass is 16.5. The van der Waals surface area contributed by atoms with Crippen molar-refractivity contribution in [1.82, 2.24) is 0 Å². The zero-order valence-electron chi connectivity index (χ0n) is 17.5. The van der Waals surface area contributed by atoms with Gasteiger partial charge in [-0.1, -0.05) is 53.2 Å². The van der Waals surface area contributed by atoms with Crippen LogP contribution in [-0.4, -0.2) is 12.9 Å². The van der Waals surface area contributed by atoms with Crippen molar-refractivity contribution < 1.29 is 9.53 Å². The number of fused-ring (bicyclic) bond motifs is 1. The molecule has 0 saturated heterocycles. The van der Waals surface area contributed by atoms with Gasteiger partial charge in [-0.15, -0.1) is 0 Å². The van der Waals surface area contributed by atoms with E-state index in [-0.39, 0.29) is 10.8 Å². The Hall–Kier alpha value is -1.31. The van der Waals surface area contributed by atoms with Crippen LogP contribution in [0, 0.1) is 28.6 Å². The van der Waals surface area contributed by atoms with Crippen LogP contribution in [0.1, 0.15) is 78.2 Å². The van der Waals surface area contributed by atoms with Crippen LogP contribution in [0.5, 0.6) is 5.75 Å². The summed E-state index contributed by atoms with van der Waals surface area (Å²) in [7, 11) is 1.72. The first-order chi connectivity index (χ1) is 12.2. The van der Waals surface area contributed by atoms with Crippen LogP contribution in [0.15, 0.2) is 24.3 Å². The number of hydrogen-bond acceptors (Lipinski definition) is 2. The molecule has 1 aromatic rings. The summed E-state index contributed by atoms with van der Waals surface area (Å²) >= 11 is 0. The number of ether oxygens (including phenoxy) is 1. The fourth-order valence-electron chi connectivity index (χ4n) is 6.65. The van der Waals surface area contributed by atoms with Gasteiger partial charge in [0.25, 0.3) is 0 Å². The summed E-state index contributed by atoms with van der Waals surface area (Å²) in [4.78, 5) is 12.8. The summed E-state index contributed by atoms with van der Waals surface area (Å²) in [5, 5.41) is 0. The second kappa shape index (κ2) is 7.02. The number of rotatable bonds is 5. The van der Waals surface area contributed by atoms with Crippen LogP contribution >= 0.6 is 0 Å². The Morgan fingerprint density at radius 2 is 1.88 bits per heavy atom. The molecule has 2 aliphatic carbocycles. The third-order valence-electron chi connectivity index (χ3n) is 7.76. The Bertz CT molecular complexity index is 645. The summed E-state index contributed by atoms with van der Waals surface area (Å²) in [6.07, 6.45) is 5.33. The zero-order chi connectivity index (χ0) is 19.1. The van der Waals surface area contributed by atoms with E-state index in [2.05, 4.69) is 58.9 Å². The lowest BCUT2D eigenvalue weighted by molar-refractivity contribution is -0.132. The second-order valence-electron chi connectivity index (χ2n) is 9.69. The molecule has 1 aromatic carbocycles. The minimum Gasteiger partial charge on any atom is -0.497 e. The monoisotopic (exact) mass is 356 g/mol. The number of ketones is 1. The lowest BCUT2D eigenvalue weighted by Crippen LogP contribution is -2.48. The van der Waals surface area contributed by atoms with Gasteiger partial charge in [0.05, 0.1) is 7.11 Å². The fraction of sp³-hybridized carbons (Fsp3) is 0.708. The molecule has 0 amide bonds. The number of carbonyl (C=O) groups is 1. The molecule has 0 heterocycles. The van der Waals surface area contributed by atoms with Gasteiger partial charge in [-0.3, -0.25) is 4.79 Å². The van der Waals surface area contributed by atoms with E-state index >= 15 is 0 Å². The largest absolute Gasteiger partial charge is 0.497 e. The van der Waals surface area contributed by atoms with Gasteiger partial charge in [0.15, 0.2) is 0 Å². The normalized spacial score (nSPS) is 34.6. The molecule has 2 aliphatic rings. The summed E-state index contributed by atoms with van der Waals surface area (Å²) in [5.41, 5.74) is 1.53. The fourth-order valence-corrected chi connectivity index (χ4v) is 6.65. The molecule has 3 rings (SSSR count). The number of methoxy groups -OCH3 is 1. The molecule has 0 N–H and O–H groups in total. The minimum absolute atomic E-state index is 0.136. The van der Waals surface area contributed by atoms with Crippen LogP contribution in [0.2, 0.25) is 0 Å². The maximum atomic E-state index is 12.8. The zero-order valence-corrected chi connectivity index (χ0v) is 17.5. The van der Waals surface area contributed by atoms with Crippen LogP contribution < -0.4 is 4.74 Å². The highest BCUT2D eigenvalue weighted by Gasteiger charge is 2.57. The molecule has 0 bridgehead atoms. The predicted octanol–water partition coefficient (Wildman–Crippen LogP) is 6.25. The maximum absolute atomic E-state index is 12.8. The average molecular weight is 357 g/mol. The topological polar surface area (TPSA) is 26.3 Å². The molecule has 0 unspecified atom stereocenters. The van der Waals surface area contributed by atoms with Gasteiger partial charge in [0.2, 0.25) is 0 Å². The van der Waals surface area contributed by atoms with E-state index in [0.29, 0.717) is 29.5 Å². The van der Waals surface area contributed by atoms with Crippen LogP contribution in [0.25, 0.3) is 0 Å². The average Bonchev–Trinajstić information content (AvgIpc) is 2.90. The second-order valence-corrected chi connectivity index (χ2v) is 9.69. The predicted molar refractivity (Wildman–Crippen MR) is 108 cm³/mol. The molecule has 2 saturated carbocycles. The van der Waals surface area contributed by atoms with Crippen molar-refractivity contribution in [3.8, 4) is 5.75 Å². The van der Waals surface area contributed by atoms with Gasteiger partial charge in [0.1, 0.15) is 11.5 Å². The number of carbonyl (C=O) groups excluding carboxylic acids is 1. The molecule has 2 heteroatoms. The highest BCUT2D eigenvalue weighted by molar-refractivity contribution is 5.87. The highest BCUT2D eigenvalue weighted by Crippen LogP contribution is 2.62. The molecule has 26 heavy (non-hydrogen) atoms. The summed E-state index contributed by atoms with van der Waals surface area (Å²) in [5.74, 6) is 3.59. The van der Waals surface area contributed by atoms with Gasteiger partial charge < -0.3 is 4.74 Å². The first kappa shape index (κ1) is 19.5. The molecule has 5 atom stereocenters. The smallest absolute Gasteiger partial charge is 0.139 e. The first-order valence-electron chi connectivity index (χ1n) is 10.4. The van der Waals surface area contributed by atoms with Crippen molar-refractivity contribution in [3.05, 3.63) is 29.8 Å². The van der Waals surface area contributed by atoms with E-state index < -0.39 is 0 Å². The van der Waals surface area contributed by atoms with Crippen molar-refractivity contribution in [1.29, 1.82) is 0 Å². The molecule has 0 spiro atoms. The Kier molecular flexibility index (Phi) is 5.25. The molecule has 0 aliphatic heterocycles.